The highest BCUT2D eigenvalue weighted by atomic mass is 19.4. The second-order valence-electron chi connectivity index (χ2n) is 8.90. The zero-order chi connectivity index (χ0) is 25.4. The van der Waals surface area contributed by atoms with Crippen LogP contribution in [0.15, 0.2) is 53.2 Å². The lowest BCUT2D eigenvalue weighted by Crippen LogP contribution is -2.62. The Kier molecular flexibility index (Phi) is 6.45. The molecule has 0 radical (unpaired) electrons. The first-order valence-corrected chi connectivity index (χ1v) is 11.5. The Hall–Kier alpha value is -3.42. The minimum Gasteiger partial charge on any atom is -0.377 e. The number of halogens is 3. The van der Waals surface area contributed by atoms with Gasteiger partial charge in [-0.25, -0.2) is 15.3 Å². The number of amidine groups is 1. The molecule has 36 heavy (non-hydrogen) atoms. The fraction of sp³-hybridized carbons (Fsp3) is 0.435. The molecule has 192 valence electrons. The second kappa shape index (κ2) is 9.56. The number of hydrogen-bond donors (Lipinski definition) is 3. The summed E-state index contributed by atoms with van der Waals surface area (Å²) in [4.78, 5) is 37.5. The highest BCUT2D eigenvalue weighted by Gasteiger charge is 2.44. The third kappa shape index (κ3) is 4.81. The number of carbonyl (C=O) groups is 2. The predicted octanol–water partition coefficient (Wildman–Crippen LogP) is 0.279. The molecule has 0 spiro atoms. The maximum atomic E-state index is 13.2. The lowest BCUT2D eigenvalue weighted by molar-refractivity contribution is -0.220. The molecule has 1 aromatic rings. The Bertz CT molecular complexity index is 1120. The number of nitrogens with zero attached hydrogens (tertiary/aromatic N) is 3. The number of carbonyl (C=O) groups excluding carboxylic acids is 2. The van der Waals surface area contributed by atoms with Gasteiger partial charge in [-0.2, -0.15) is 13.2 Å². The fourth-order valence-electron chi connectivity index (χ4n) is 4.43. The van der Waals surface area contributed by atoms with Gasteiger partial charge in [-0.15, -0.1) is 0 Å². The molecule has 4 atom stereocenters. The fourth-order valence-corrected chi connectivity index (χ4v) is 4.43. The molecule has 0 aromatic heterocycles. The van der Waals surface area contributed by atoms with Gasteiger partial charge in [-0.3, -0.25) is 9.59 Å². The van der Waals surface area contributed by atoms with E-state index in [4.69, 9.17) is 10.5 Å². The lowest BCUT2D eigenvalue weighted by atomic mass is 9.93. The van der Waals surface area contributed by atoms with E-state index in [1.54, 1.807) is 11.0 Å². The number of alkyl halides is 3. The SMILES string of the molecule is NC1CN2C=C(C(=O)N3CCOCC3CNC(=O)c3ccc(C4=NC(C(F)(F)F)ON4)cc3)C=C[C@H]12. The van der Waals surface area contributed by atoms with E-state index in [1.807, 2.05) is 17.2 Å². The third-order valence-electron chi connectivity index (χ3n) is 6.47. The van der Waals surface area contributed by atoms with E-state index >= 15 is 0 Å². The van der Waals surface area contributed by atoms with E-state index < -0.39 is 12.4 Å². The third-order valence-corrected chi connectivity index (χ3v) is 6.47. The lowest BCUT2D eigenvalue weighted by Gasteiger charge is -2.46. The Morgan fingerprint density at radius 3 is 2.69 bits per heavy atom. The van der Waals surface area contributed by atoms with Gasteiger partial charge in [-0.1, -0.05) is 18.2 Å². The van der Waals surface area contributed by atoms with Crippen LogP contribution in [0.5, 0.6) is 0 Å². The minimum absolute atomic E-state index is 0.0714. The monoisotopic (exact) mass is 506 g/mol. The molecule has 10 nitrogen and oxygen atoms in total. The van der Waals surface area contributed by atoms with Crippen LogP contribution in [0, 0.1) is 0 Å². The normalized spacial score (nSPS) is 27.4. The summed E-state index contributed by atoms with van der Waals surface area (Å²) in [6.45, 7) is 1.97. The number of ether oxygens (including phenoxy) is 1. The van der Waals surface area contributed by atoms with Crippen LogP contribution in [0.25, 0.3) is 0 Å². The predicted molar refractivity (Wildman–Crippen MR) is 121 cm³/mol. The van der Waals surface area contributed by atoms with Crippen LogP contribution in [0.1, 0.15) is 15.9 Å². The molecule has 1 aromatic carbocycles. The summed E-state index contributed by atoms with van der Waals surface area (Å²) < 4.78 is 43.7. The van der Waals surface area contributed by atoms with Crippen molar-refractivity contribution in [2.75, 3.05) is 32.8 Å². The van der Waals surface area contributed by atoms with E-state index in [0.29, 0.717) is 36.4 Å². The topological polar surface area (TPSA) is 122 Å². The van der Waals surface area contributed by atoms with Gasteiger partial charge >= 0.3 is 6.18 Å². The number of amides is 2. The van der Waals surface area contributed by atoms with Crippen molar-refractivity contribution in [3.63, 3.8) is 0 Å². The molecule has 2 saturated heterocycles. The highest BCUT2D eigenvalue weighted by Crippen LogP contribution is 2.27. The van der Waals surface area contributed by atoms with Gasteiger partial charge in [0.25, 0.3) is 18.0 Å². The molecule has 0 saturated carbocycles. The van der Waals surface area contributed by atoms with Crippen LogP contribution in [0.4, 0.5) is 13.2 Å². The van der Waals surface area contributed by atoms with Gasteiger partial charge in [-0.05, 0) is 18.2 Å². The molecule has 4 aliphatic rings. The van der Waals surface area contributed by atoms with E-state index in [2.05, 4.69) is 20.6 Å². The van der Waals surface area contributed by atoms with Crippen molar-refractivity contribution < 1.29 is 32.3 Å². The van der Waals surface area contributed by atoms with E-state index in [0.717, 1.165) is 0 Å². The second-order valence-corrected chi connectivity index (χ2v) is 8.90. The summed E-state index contributed by atoms with van der Waals surface area (Å²) in [5.41, 5.74) is 9.33. The molecule has 4 N–H and O–H groups in total. The highest BCUT2D eigenvalue weighted by molar-refractivity contribution is 6.00. The summed E-state index contributed by atoms with van der Waals surface area (Å²) in [6.07, 6.45) is -1.34. The van der Waals surface area contributed by atoms with Crippen LogP contribution in [0.3, 0.4) is 0 Å². The van der Waals surface area contributed by atoms with E-state index in [9.17, 15) is 22.8 Å². The molecular weight excluding hydrogens is 481 g/mol. The first kappa shape index (κ1) is 24.3. The summed E-state index contributed by atoms with van der Waals surface area (Å²) in [6, 6.07) is 5.74. The molecule has 4 heterocycles. The molecule has 0 bridgehead atoms. The van der Waals surface area contributed by atoms with Crippen LogP contribution in [-0.2, 0) is 14.4 Å². The zero-order valence-electron chi connectivity index (χ0n) is 19.1. The van der Waals surface area contributed by atoms with Crippen molar-refractivity contribution in [3.05, 3.63) is 59.3 Å². The number of fused-ring (bicyclic) bond motifs is 1. The van der Waals surface area contributed by atoms with Crippen molar-refractivity contribution in [2.45, 2.75) is 30.5 Å². The molecule has 5 rings (SSSR count). The molecule has 2 amide bonds. The summed E-state index contributed by atoms with van der Waals surface area (Å²) >= 11 is 0. The Morgan fingerprint density at radius 1 is 1.25 bits per heavy atom. The molecule has 2 fully saturated rings. The van der Waals surface area contributed by atoms with E-state index in [1.165, 1.54) is 24.3 Å². The zero-order valence-corrected chi connectivity index (χ0v) is 19.1. The number of hydrogen-bond acceptors (Lipinski definition) is 8. The van der Waals surface area contributed by atoms with E-state index in [-0.39, 0.29) is 48.9 Å². The van der Waals surface area contributed by atoms with Crippen molar-refractivity contribution in [1.29, 1.82) is 0 Å². The summed E-state index contributed by atoms with van der Waals surface area (Å²) in [7, 11) is 0. The number of aliphatic imine (C=N–C) groups is 1. The largest absolute Gasteiger partial charge is 0.437 e. The van der Waals surface area contributed by atoms with Crippen molar-refractivity contribution >= 4 is 17.6 Å². The first-order chi connectivity index (χ1) is 17.2. The van der Waals surface area contributed by atoms with Crippen molar-refractivity contribution in [2.24, 2.45) is 10.7 Å². The molecule has 3 unspecified atom stereocenters. The smallest absolute Gasteiger partial charge is 0.377 e. The number of benzene rings is 1. The molecule has 13 heteroatoms. The first-order valence-electron chi connectivity index (χ1n) is 11.5. The van der Waals surface area contributed by atoms with Gasteiger partial charge in [0.05, 0.1) is 30.9 Å². The van der Waals surface area contributed by atoms with Crippen LogP contribution in [-0.4, -0.2) is 90.8 Å². The van der Waals surface area contributed by atoms with Crippen LogP contribution >= 0.6 is 0 Å². The minimum atomic E-state index is -4.62. The van der Waals surface area contributed by atoms with Gasteiger partial charge in [0.15, 0.2) is 5.84 Å². The average molecular weight is 506 g/mol. The molecular formula is C23H25F3N6O4. The van der Waals surface area contributed by atoms with Gasteiger partial charge in [0.1, 0.15) is 0 Å². The van der Waals surface area contributed by atoms with Gasteiger partial charge in [0.2, 0.25) is 0 Å². The molecule has 4 aliphatic heterocycles. The molecule has 0 aliphatic carbocycles. The standard InChI is InChI=1S/C23H25F3N6O4/c24-23(25,26)22-29-19(30-36-22)13-1-3-14(4-2-13)20(33)28-9-16-12-35-8-7-32(16)21(34)15-5-6-18-17(27)11-31(18)10-15/h1-6,10,16-18,22H,7-9,11-12,27H2,(H,28,33)(H,29,30)/t16?,17?,18-,22?/m1/s1. The maximum Gasteiger partial charge on any atom is 0.437 e. The van der Waals surface area contributed by atoms with Crippen LogP contribution < -0.4 is 16.5 Å². The van der Waals surface area contributed by atoms with Crippen molar-refractivity contribution in [1.82, 2.24) is 20.6 Å². The Morgan fingerprint density at radius 2 is 2.03 bits per heavy atom. The van der Waals surface area contributed by atoms with Gasteiger partial charge < -0.3 is 25.6 Å². The quantitative estimate of drug-likeness (QED) is 0.525. The summed E-state index contributed by atoms with van der Waals surface area (Å²) in [5, 5.41) is 2.81. The number of hydroxylamine groups is 1. The Labute approximate surface area is 204 Å². The number of nitrogens with one attached hydrogen (secondary N) is 2. The average Bonchev–Trinajstić information content (AvgIpc) is 3.37. The maximum absolute atomic E-state index is 13.2. The van der Waals surface area contributed by atoms with Crippen molar-refractivity contribution in [3.8, 4) is 0 Å². The summed E-state index contributed by atoms with van der Waals surface area (Å²) in [5.74, 6) is -0.601. The number of morpholine rings is 1. The Balaban J connectivity index is 1.18. The number of rotatable bonds is 5. The van der Waals surface area contributed by atoms with Gasteiger partial charge in [0, 0.05) is 43.0 Å². The van der Waals surface area contributed by atoms with Crippen LogP contribution in [0.2, 0.25) is 0 Å². The number of nitrogens with two attached hydrogens (primary N) is 1.